The lowest BCUT2D eigenvalue weighted by atomic mass is 10.1. The number of hydrogen-bond donors (Lipinski definition) is 2. The Balaban J connectivity index is 2.41. The van der Waals surface area contributed by atoms with Crippen LogP contribution in [0.15, 0.2) is 18.2 Å². The van der Waals surface area contributed by atoms with Gasteiger partial charge in [0, 0.05) is 25.3 Å². The number of hydrogen-bond acceptors (Lipinski definition) is 3. The highest BCUT2D eigenvalue weighted by atomic mass is 19.1. The number of unbranched alkanes of at least 4 members (excludes halogenated alkanes) is 1. The fourth-order valence-corrected chi connectivity index (χ4v) is 1.67. The molecule has 2 N–H and O–H groups in total. The van der Waals surface area contributed by atoms with E-state index in [4.69, 9.17) is 4.74 Å². The fraction of sp³-hybridized carbons (Fsp3) is 0.538. The molecule has 0 saturated carbocycles. The molecule has 0 saturated heterocycles. The van der Waals surface area contributed by atoms with Crippen LogP contribution in [0.2, 0.25) is 0 Å². The van der Waals surface area contributed by atoms with Crippen molar-refractivity contribution in [1.82, 2.24) is 5.32 Å². The molecule has 0 heterocycles. The summed E-state index contributed by atoms with van der Waals surface area (Å²) >= 11 is 0. The Kier molecular flexibility index (Phi) is 5.94. The Hall–Kier alpha value is -1.13. The van der Waals surface area contributed by atoms with Crippen LogP contribution in [0.3, 0.4) is 0 Å². The quantitative estimate of drug-likeness (QED) is 0.721. The van der Waals surface area contributed by atoms with Crippen molar-refractivity contribution < 1.29 is 14.2 Å². The Morgan fingerprint density at radius 2 is 2.18 bits per heavy atom. The third-order valence-electron chi connectivity index (χ3n) is 2.68. The third-order valence-corrected chi connectivity index (χ3v) is 2.68. The monoisotopic (exact) mass is 241 g/mol. The van der Waals surface area contributed by atoms with Crippen LogP contribution < -0.4 is 5.32 Å². The van der Waals surface area contributed by atoms with Gasteiger partial charge in [0.05, 0.1) is 0 Å². The predicted molar refractivity (Wildman–Crippen MR) is 65.6 cm³/mol. The van der Waals surface area contributed by atoms with E-state index in [9.17, 15) is 9.50 Å². The van der Waals surface area contributed by atoms with Crippen LogP contribution in [-0.2, 0) is 4.74 Å². The molecular weight excluding hydrogens is 221 g/mol. The summed E-state index contributed by atoms with van der Waals surface area (Å²) in [6, 6.07) is 3.94. The largest absolute Gasteiger partial charge is 0.508 e. The van der Waals surface area contributed by atoms with Gasteiger partial charge in [-0.05, 0) is 44.5 Å². The van der Waals surface area contributed by atoms with Crippen LogP contribution in [-0.4, -0.2) is 25.4 Å². The molecule has 4 heteroatoms. The maximum Gasteiger partial charge on any atom is 0.123 e. The van der Waals surface area contributed by atoms with Crippen LogP contribution in [0.4, 0.5) is 4.39 Å². The fourth-order valence-electron chi connectivity index (χ4n) is 1.67. The van der Waals surface area contributed by atoms with Gasteiger partial charge in [0.2, 0.25) is 0 Å². The molecule has 1 aromatic carbocycles. The zero-order valence-electron chi connectivity index (χ0n) is 10.4. The number of nitrogens with one attached hydrogen (secondary N) is 1. The van der Waals surface area contributed by atoms with Crippen molar-refractivity contribution in [2.45, 2.75) is 25.8 Å². The number of phenols is 1. The summed E-state index contributed by atoms with van der Waals surface area (Å²) in [6.07, 6.45) is 1.99. The summed E-state index contributed by atoms with van der Waals surface area (Å²) in [7, 11) is 1.68. The van der Waals surface area contributed by atoms with E-state index in [1.165, 1.54) is 18.2 Å². The molecule has 1 rings (SSSR count). The molecule has 0 aliphatic carbocycles. The van der Waals surface area contributed by atoms with Gasteiger partial charge in [0.1, 0.15) is 11.6 Å². The Morgan fingerprint density at radius 3 is 2.88 bits per heavy atom. The molecule has 17 heavy (non-hydrogen) atoms. The highest BCUT2D eigenvalue weighted by Crippen LogP contribution is 2.24. The summed E-state index contributed by atoms with van der Waals surface area (Å²) in [6.45, 7) is 3.48. The van der Waals surface area contributed by atoms with Crippen molar-refractivity contribution in [2.24, 2.45) is 0 Å². The number of halogens is 1. The van der Waals surface area contributed by atoms with Gasteiger partial charge in [-0.3, -0.25) is 0 Å². The zero-order chi connectivity index (χ0) is 12.7. The number of phenolic OH excluding ortho intramolecular Hbond substituents is 1. The van der Waals surface area contributed by atoms with E-state index in [0.717, 1.165) is 26.0 Å². The minimum absolute atomic E-state index is 0.0618. The molecule has 96 valence electrons. The summed E-state index contributed by atoms with van der Waals surface area (Å²) in [5.41, 5.74) is 0.594. The molecule has 0 fully saturated rings. The molecule has 1 aromatic rings. The van der Waals surface area contributed by atoms with Crippen LogP contribution in [0.5, 0.6) is 5.75 Å². The lowest BCUT2D eigenvalue weighted by molar-refractivity contribution is 0.192. The van der Waals surface area contributed by atoms with E-state index in [1.54, 1.807) is 7.11 Å². The lowest BCUT2D eigenvalue weighted by Gasteiger charge is -2.15. The molecule has 0 radical (unpaired) electrons. The SMILES string of the molecule is COCCCCNC(C)c1cc(F)ccc1O. The van der Waals surface area contributed by atoms with E-state index in [1.807, 2.05) is 6.92 Å². The van der Waals surface area contributed by atoms with Crippen LogP contribution in [0.25, 0.3) is 0 Å². The van der Waals surface area contributed by atoms with E-state index in [2.05, 4.69) is 5.32 Å². The minimum Gasteiger partial charge on any atom is -0.508 e. The van der Waals surface area contributed by atoms with Gasteiger partial charge >= 0.3 is 0 Å². The van der Waals surface area contributed by atoms with Crippen LogP contribution >= 0.6 is 0 Å². The second-order valence-electron chi connectivity index (χ2n) is 4.08. The summed E-state index contributed by atoms with van der Waals surface area (Å²) in [5.74, 6) is -0.200. The van der Waals surface area contributed by atoms with E-state index < -0.39 is 0 Å². The second kappa shape index (κ2) is 7.25. The van der Waals surface area contributed by atoms with Gasteiger partial charge in [-0.25, -0.2) is 4.39 Å². The molecule has 0 aliphatic rings. The maximum absolute atomic E-state index is 13.0. The van der Waals surface area contributed by atoms with Gasteiger partial charge in [-0.2, -0.15) is 0 Å². The summed E-state index contributed by atoms with van der Waals surface area (Å²) in [4.78, 5) is 0. The lowest BCUT2D eigenvalue weighted by Crippen LogP contribution is -2.20. The molecule has 3 nitrogen and oxygen atoms in total. The number of aromatic hydroxyl groups is 1. The standard InChI is InChI=1S/C13H20FNO2/c1-10(15-7-3-4-8-17-2)12-9-11(14)5-6-13(12)16/h5-6,9-10,15-16H,3-4,7-8H2,1-2H3. The third kappa shape index (κ3) is 4.71. The van der Waals surface area contributed by atoms with Crippen molar-refractivity contribution in [2.75, 3.05) is 20.3 Å². The minimum atomic E-state index is -0.328. The summed E-state index contributed by atoms with van der Waals surface area (Å²) in [5, 5.41) is 12.9. The normalized spacial score (nSPS) is 12.6. The Morgan fingerprint density at radius 1 is 1.41 bits per heavy atom. The first-order valence-electron chi connectivity index (χ1n) is 5.86. The van der Waals surface area contributed by atoms with Gasteiger partial charge < -0.3 is 15.2 Å². The average Bonchev–Trinajstić information content (AvgIpc) is 2.32. The van der Waals surface area contributed by atoms with Crippen LogP contribution in [0.1, 0.15) is 31.4 Å². The van der Waals surface area contributed by atoms with Gasteiger partial charge in [0.25, 0.3) is 0 Å². The Labute approximate surface area is 102 Å². The van der Waals surface area contributed by atoms with E-state index >= 15 is 0 Å². The Bertz CT molecular complexity index is 344. The first-order chi connectivity index (χ1) is 8.15. The van der Waals surface area contributed by atoms with Crippen molar-refractivity contribution in [3.63, 3.8) is 0 Å². The molecule has 1 unspecified atom stereocenters. The van der Waals surface area contributed by atoms with E-state index in [0.29, 0.717) is 5.56 Å². The molecule has 0 aliphatic heterocycles. The van der Waals surface area contributed by atoms with Crippen molar-refractivity contribution in [3.05, 3.63) is 29.6 Å². The number of ether oxygens (including phenoxy) is 1. The topological polar surface area (TPSA) is 41.5 Å². The zero-order valence-corrected chi connectivity index (χ0v) is 10.4. The first kappa shape index (κ1) is 13.9. The van der Waals surface area contributed by atoms with Crippen molar-refractivity contribution in [3.8, 4) is 5.75 Å². The van der Waals surface area contributed by atoms with Crippen molar-refractivity contribution >= 4 is 0 Å². The molecule has 0 amide bonds. The second-order valence-corrected chi connectivity index (χ2v) is 4.08. The van der Waals surface area contributed by atoms with Crippen LogP contribution in [0, 0.1) is 5.82 Å². The highest BCUT2D eigenvalue weighted by Gasteiger charge is 2.10. The van der Waals surface area contributed by atoms with E-state index in [-0.39, 0.29) is 17.6 Å². The van der Waals surface area contributed by atoms with Gasteiger partial charge in [-0.1, -0.05) is 0 Å². The van der Waals surface area contributed by atoms with Crippen molar-refractivity contribution in [1.29, 1.82) is 0 Å². The number of methoxy groups -OCH3 is 1. The van der Waals surface area contributed by atoms with Gasteiger partial charge in [-0.15, -0.1) is 0 Å². The number of rotatable bonds is 7. The molecular formula is C13H20FNO2. The predicted octanol–water partition coefficient (Wildman–Crippen LogP) is 2.61. The molecule has 0 aromatic heterocycles. The molecule has 0 spiro atoms. The van der Waals surface area contributed by atoms with Gasteiger partial charge in [0.15, 0.2) is 0 Å². The highest BCUT2D eigenvalue weighted by molar-refractivity contribution is 5.34. The summed E-state index contributed by atoms with van der Waals surface area (Å²) < 4.78 is 18.0. The average molecular weight is 241 g/mol. The number of benzene rings is 1. The first-order valence-corrected chi connectivity index (χ1v) is 5.86. The maximum atomic E-state index is 13.0. The smallest absolute Gasteiger partial charge is 0.123 e. The molecule has 0 bridgehead atoms. The molecule has 1 atom stereocenters.